The molecule has 2 rings (SSSR count). The van der Waals surface area contributed by atoms with Crippen molar-refractivity contribution in [3.8, 4) is 5.75 Å². The molecule has 0 atom stereocenters. The summed E-state index contributed by atoms with van der Waals surface area (Å²) in [5.74, 6) is 0.859. The van der Waals surface area contributed by atoms with Crippen LogP contribution in [-0.2, 0) is 19.7 Å². The van der Waals surface area contributed by atoms with Gasteiger partial charge in [-0.05, 0) is 34.9 Å². The van der Waals surface area contributed by atoms with Crippen LogP contribution in [0.3, 0.4) is 0 Å². The Morgan fingerprint density at radius 3 is 2.40 bits per heavy atom. The minimum absolute atomic E-state index is 0.0878. The zero-order valence-electron chi connectivity index (χ0n) is 11.4. The van der Waals surface area contributed by atoms with E-state index < -0.39 is 0 Å². The van der Waals surface area contributed by atoms with Crippen LogP contribution < -0.4 is 10.1 Å². The van der Waals surface area contributed by atoms with Crippen LogP contribution in [0.2, 0.25) is 0 Å². The molecule has 0 bridgehead atoms. The zero-order chi connectivity index (χ0) is 14.4. The van der Waals surface area contributed by atoms with Crippen LogP contribution in [0.4, 0.5) is 0 Å². The first-order chi connectivity index (χ1) is 9.72. The molecule has 0 aromatic heterocycles. The van der Waals surface area contributed by atoms with Crippen molar-refractivity contribution < 1.29 is 9.84 Å². The summed E-state index contributed by atoms with van der Waals surface area (Å²) < 4.78 is 6.30. The molecule has 2 aromatic rings. The van der Waals surface area contributed by atoms with Crippen molar-refractivity contribution in [3.63, 3.8) is 0 Å². The lowest BCUT2D eigenvalue weighted by Gasteiger charge is -2.09. The van der Waals surface area contributed by atoms with Gasteiger partial charge in [-0.2, -0.15) is 0 Å². The van der Waals surface area contributed by atoms with Gasteiger partial charge in [-0.1, -0.05) is 40.2 Å². The van der Waals surface area contributed by atoms with E-state index in [1.807, 2.05) is 42.5 Å². The summed E-state index contributed by atoms with van der Waals surface area (Å²) in [5, 5.41) is 12.4. The molecule has 0 heterocycles. The number of methoxy groups -OCH3 is 1. The van der Waals surface area contributed by atoms with Crippen LogP contribution >= 0.6 is 15.9 Å². The molecule has 0 aliphatic carbocycles. The summed E-state index contributed by atoms with van der Waals surface area (Å²) in [6, 6.07) is 13.9. The lowest BCUT2D eigenvalue weighted by atomic mass is 10.1. The number of aliphatic hydroxyl groups excluding tert-OH is 1. The maximum atomic E-state index is 9.00. The van der Waals surface area contributed by atoms with Crippen LogP contribution in [0.15, 0.2) is 46.9 Å². The molecule has 2 aromatic carbocycles. The van der Waals surface area contributed by atoms with Crippen molar-refractivity contribution in [2.45, 2.75) is 19.7 Å². The van der Waals surface area contributed by atoms with Gasteiger partial charge >= 0.3 is 0 Å². The first-order valence-electron chi connectivity index (χ1n) is 6.44. The predicted octanol–water partition coefficient (Wildman–Crippen LogP) is 3.24. The highest BCUT2D eigenvalue weighted by Crippen LogP contribution is 2.22. The fraction of sp³-hybridized carbons (Fsp3) is 0.250. The van der Waals surface area contributed by atoms with Gasteiger partial charge in [-0.3, -0.25) is 0 Å². The molecule has 0 fully saturated rings. The summed E-state index contributed by atoms with van der Waals surface area (Å²) in [6.45, 7) is 1.64. The van der Waals surface area contributed by atoms with Crippen LogP contribution in [0.25, 0.3) is 0 Å². The first-order valence-corrected chi connectivity index (χ1v) is 7.24. The van der Waals surface area contributed by atoms with E-state index in [0.717, 1.165) is 34.4 Å². The normalized spacial score (nSPS) is 10.6. The number of hydrogen-bond acceptors (Lipinski definition) is 3. The number of halogens is 1. The van der Waals surface area contributed by atoms with Crippen LogP contribution in [0.1, 0.15) is 16.7 Å². The molecule has 3 nitrogen and oxygen atoms in total. The Kier molecular flexibility index (Phi) is 5.59. The Hall–Kier alpha value is -1.36. The van der Waals surface area contributed by atoms with Gasteiger partial charge < -0.3 is 15.2 Å². The van der Waals surface area contributed by atoms with E-state index in [9.17, 15) is 0 Å². The molecule has 106 valence electrons. The third-order valence-electron chi connectivity index (χ3n) is 3.10. The molecule has 0 saturated heterocycles. The molecule has 0 amide bonds. The lowest BCUT2D eigenvalue weighted by Crippen LogP contribution is -2.13. The van der Waals surface area contributed by atoms with Crippen LogP contribution in [0.5, 0.6) is 5.75 Å². The number of benzene rings is 2. The minimum atomic E-state index is 0.0878. The van der Waals surface area contributed by atoms with Gasteiger partial charge in [0.05, 0.1) is 13.7 Å². The van der Waals surface area contributed by atoms with E-state index in [4.69, 9.17) is 9.84 Å². The third kappa shape index (κ3) is 4.07. The molecule has 2 N–H and O–H groups in total. The average Bonchev–Trinajstić information content (AvgIpc) is 2.50. The average molecular weight is 336 g/mol. The second-order valence-corrected chi connectivity index (χ2v) is 5.39. The summed E-state index contributed by atoms with van der Waals surface area (Å²) in [4.78, 5) is 0. The Balaban J connectivity index is 1.91. The third-order valence-corrected chi connectivity index (χ3v) is 3.88. The Labute approximate surface area is 127 Å². The highest BCUT2D eigenvalue weighted by atomic mass is 79.9. The van der Waals surface area contributed by atoms with E-state index in [1.165, 1.54) is 5.56 Å². The summed E-state index contributed by atoms with van der Waals surface area (Å²) >= 11 is 3.54. The molecule has 0 saturated carbocycles. The molecule has 0 aliphatic rings. The summed E-state index contributed by atoms with van der Waals surface area (Å²) in [7, 11) is 1.67. The molecule has 0 radical (unpaired) electrons. The fourth-order valence-electron chi connectivity index (χ4n) is 1.92. The molecule has 4 heteroatoms. The predicted molar refractivity (Wildman–Crippen MR) is 83.6 cm³/mol. The molecular weight excluding hydrogens is 318 g/mol. The van der Waals surface area contributed by atoms with Gasteiger partial charge in [0.2, 0.25) is 0 Å². The maximum absolute atomic E-state index is 9.00. The van der Waals surface area contributed by atoms with E-state index in [2.05, 4.69) is 21.2 Å². The largest absolute Gasteiger partial charge is 0.497 e. The second-order valence-electron chi connectivity index (χ2n) is 4.54. The van der Waals surface area contributed by atoms with Gasteiger partial charge in [0.25, 0.3) is 0 Å². The molecule has 0 unspecified atom stereocenters. The van der Waals surface area contributed by atoms with Gasteiger partial charge in [-0.15, -0.1) is 0 Å². The summed E-state index contributed by atoms with van der Waals surface area (Å²) in [5.41, 5.74) is 3.29. The quantitative estimate of drug-likeness (QED) is 0.851. The number of rotatable bonds is 6. The maximum Gasteiger partial charge on any atom is 0.119 e. The number of nitrogens with one attached hydrogen (secondary N) is 1. The Morgan fingerprint density at radius 2 is 1.75 bits per heavy atom. The van der Waals surface area contributed by atoms with Crippen molar-refractivity contribution >= 4 is 15.9 Å². The van der Waals surface area contributed by atoms with Crippen molar-refractivity contribution in [1.29, 1.82) is 0 Å². The monoisotopic (exact) mass is 335 g/mol. The molecule has 0 aliphatic heterocycles. The Morgan fingerprint density at radius 1 is 1.05 bits per heavy atom. The molecule has 20 heavy (non-hydrogen) atoms. The number of aliphatic hydroxyl groups is 1. The minimum Gasteiger partial charge on any atom is -0.497 e. The van der Waals surface area contributed by atoms with E-state index in [0.29, 0.717) is 0 Å². The standard InChI is InChI=1S/C16H18BrNO2/c1-20-15-6-7-16(17)14(8-15)10-18-9-12-2-4-13(11-19)5-3-12/h2-8,18-19H,9-11H2,1H3. The van der Waals surface area contributed by atoms with Gasteiger partial charge in [-0.25, -0.2) is 0 Å². The van der Waals surface area contributed by atoms with Gasteiger partial charge in [0.15, 0.2) is 0 Å². The van der Waals surface area contributed by atoms with Gasteiger partial charge in [0.1, 0.15) is 5.75 Å². The smallest absolute Gasteiger partial charge is 0.119 e. The van der Waals surface area contributed by atoms with E-state index in [1.54, 1.807) is 7.11 Å². The highest BCUT2D eigenvalue weighted by Gasteiger charge is 2.02. The SMILES string of the molecule is COc1ccc(Br)c(CNCc2ccc(CO)cc2)c1. The lowest BCUT2D eigenvalue weighted by molar-refractivity contribution is 0.282. The van der Waals surface area contributed by atoms with Gasteiger partial charge in [0, 0.05) is 17.6 Å². The van der Waals surface area contributed by atoms with Crippen LogP contribution in [-0.4, -0.2) is 12.2 Å². The van der Waals surface area contributed by atoms with Crippen molar-refractivity contribution in [2.75, 3.05) is 7.11 Å². The molecular formula is C16H18BrNO2. The number of ether oxygens (including phenoxy) is 1. The first kappa shape index (κ1) is 15.0. The van der Waals surface area contributed by atoms with Crippen LogP contribution in [0, 0.1) is 0 Å². The van der Waals surface area contributed by atoms with Crippen molar-refractivity contribution in [3.05, 3.63) is 63.6 Å². The van der Waals surface area contributed by atoms with E-state index in [-0.39, 0.29) is 6.61 Å². The Bertz CT molecular complexity index is 555. The van der Waals surface area contributed by atoms with E-state index >= 15 is 0 Å². The van der Waals surface area contributed by atoms with Crippen molar-refractivity contribution in [2.24, 2.45) is 0 Å². The topological polar surface area (TPSA) is 41.5 Å². The fourth-order valence-corrected chi connectivity index (χ4v) is 2.30. The highest BCUT2D eigenvalue weighted by molar-refractivity contribution is 9.10. The number of hydrogen-bond donors (Lipinski definition) is 2. The zero-order valence-corrected chi connectivity index (χ0v) is 13.0. The van der Waals surface area contributed by atoms with Crippen molar-refractivity contribution in [1.82, 2.24) is 5.32 Å². The summed E-state index contributed by atoms with van der Waals surface area (Å²) in [6.07, 6.45) is 0. The second kappa shape index (κ2) is 7.43. The molecule has 0 spiro atoms.